The average molecular weight is 355 g/mol. The first kappa shape index (κ1) is 18.9. The summed E-state index contributed by atoms with van der Waals surface area (Å²) in [4.78, 5) is 11.9. The number of β-amino-alcohol motifs (C(OH)–C–C–N with tert-alkyl or cyclic N) is 1. The van der Waals surface area contributed by atoms with E-state index in [9.17, 15) is 18.3 Å². The van der Waals surface area contributed by atoms with Crippen LogP contribution < -0.4 is 0 Å². The van der Waals surface area contributed by atoms with E-state index in [1.54, 1.807) is 12.1 Å². The number of aliphatic hydroxyl groups excluding tert-OH is 1. The van der Waals surface area contributed by atoms with Crippen LogP contribution in [0, 0.1) is 0 Å². The Hall–Kier alpha value is -1.44. The van der Waals surface area contributed by atoms with Crippen LogP contribution >= 0.6 is 0 Å². The van der Waals surface area contributed by atoms with E-state index in [2.05, 4.69) is 11.7 Å². The Morgan fingerprint density at radius 2 is 1.96 bits per heavy atom. The Kier molecular flexibility index (Phi) is 6.37. The van der Waals surface area contributed by atoms with Crippen LogP contribution in [0.5, 0.6) is 0 Å². The van der Waals surface area contributed by atoms with Gasteiger partial charge in [0.05, 0.1) is 18.1 Å². The standard InChI is InChI=1S/C17H25NO5S/c1-3-4-5-6-13-7-9-15(10-8-13)24(21,22)18-12-14(19)11-16(18)17(20)23-2/h7-10,14,16,19H,3-6,11-12H2,1-2H3/t14-,16-/m1/s1. The first-order chi connectivity index (χ1) is 11.4. The number of rotatable bonds is 7. The fourth-order valence-corrected chi connectivity index (χ4v) is 4.57. The number of carbonyl (C=O) groups is 1. The fourth-order valence-electron chi connectivity index (χ4n) is 2.94. The van der Waals surface area contributed by atoms with Crippen LogP contribution in [0.2, 0.25) is 0 Å². The smallest absolute Gasteiger partial charge is 0.324 e. The summed E-state index contributed by atoms with van der Waals surface area (Å²) >= 11 is 0. The molecule has 1 N–H and O–H groups in total. The van der Waals surface area contributed by atoms with Gasteiger partial charge in [-0.3, -0.25) is 4.79 Å². The molecule has 1 aliphatic rings. The topological polar surface area (TPSA) is 83.9 Å². The highest BCUT2D eigenvalue weighted by Crippen LogP contribution is 2.27. The lowest BCUT2D eigenvalue weighted by Gasteiger charge is -2.22. The lowest BCUT2D eigenvalue weighted by atomic mass is 10.1. The Bertz CT molecular complexity index is 656. The third kappa shape index (κ3) is 4.15. The van der Waals surface area contributed by atoms with Crippen LogP contribution in [0.1, 0.15) is 38.2 Å². The molecule has 1 fully saturated rings. The van der Waals surface area contributed by atoms with Crippen LogP contribution in [0.4, 0.5) is 0 Å². The summed E-state index contributed by atoms with van der Waals surface area (Å²) in [6.07, 6.45) is 3.47. The number of sulfonamides is 1. The minimum absolute atomic E-state index is 0.0566. The Morgan fingerprint density at radius 3 is 2.54 bits per heavy atom. The SMILES string of the molecule is CCCCCc1ccc(S(=O)(=O)N2C[C@H](O)C[C@@H]2C(=O)OC)cc1. The zero-order chi connectivity index (χ0) is 17.7. The quantitative estimate of drug-likeness (QED) is 0.595. The van der Waals surface area contributed by atoms with Gasteiger partial charge in [-0.25, -0.2) is 8.42 Å². The molecule has 24 heavy (non-hydrogen) atoms. The number of carbonyl (C=O) groups excluding carboxylic acids is 1. The zero-order valence-corrected chi connectivity index (χ0v) is 15.0. The first-order valence-corrected chi connectivity index (χ1v) is 9.70. The summed E-state index contributed by atoms with van der Waals surface area (Å²) in [5.41, 5.74) is 1.09. The van der Waals surface area contributed by atoms with Crippen molar-refractivity contribution in [2.24, 2.45) is 0 Å². The molecule has 1 aromatic carbocycles. The van der Waals surface area contributed by atoms with E-state index in [1.165, 1.54) is 7.11 Å². The zero-order valence-electron chi connectivity index (χ0n) is 14.1. The molecule has 0 spiro atoms. The van der Waals surface area contributed by atoms with Gasteiger partial charge in [0.25, 0.3) is 0 Å². The van der Waals surface area contributed by atoms with Gasteiger partial charge in [-0.2, -0.15) is 4.31 Å². The summed E-state index contributed by atoms with van der Waals surface area (Å²) in [5, 5.41) is 9.78. The van der Waals surface area contributed by atoms with Crippen molar-refractivity contribution in [3.8, 4) is 0 Å². The number of aryl methyl sites for hydroxylation is 1. The molecule has 6 nitrogen and oxygen atoms in total. The molecule has 1 aromatic rings. The molecule has 1 aliphatic heterocycles. The summed E-state index contributed by atoms with van der Waals surface area (Å²) in [6, 6.07) is 5.77. The summed E-state index contributed by atoms with van der Waals surface area (Å²) < 4.78 is 31.3. The van der Waals surface area contributed by atoms with Gasteiger partial charge >= 0.3 is 5.97 Å². The molecule has 0 bridgehead atoms. The van der Waals surface area contributed by atoms with Crippen molar-refractivity contribution >= 4 is 16.0 Å². The van der Waals surface area contributed by atoms with E-state index < -0.39 is 28.1 Å². The van der Waals surface area contributed by atoms with Crippen molar-refractivity contribution in [2.75, 3.05) is 13.7 Å². The largest absolute Gasteiger partial charge is 0.468 e. The Labute approximate surface area is 143 Å². The summed E-state index contributed by atoms with van der Waals surface area (Å²) in [7, 11) is -2.63. The lowest BCUT2D eigenvalue weighted by Crippen LogP contribution is -2.41. The van der Waals surface area contributed by atoms with E-state index >= 15 is 0 Å². The number of hydrogen-bond donors (Lipinski definition) is 1. The fraction of sp³-hybridized carbons (Fsp3) is 0.588. The van der Waals surface area contributed by atoms with Gasteiger partial charge in [0.2, 0.25) is 10.0 Å². The molecule has 134 valence electrons. The van der Waals surface area contributed by atoms with Gasteiger partial charge in [0.15, 0.2) is 0 Å². The van der Waals surface area contributed by atoms with Crippen molar-refractivity contribution in [2.45, 2.75) is 56.1 Å². The van der Waals surface area contributed by atoms with Crippen molar-refractivity contribution in [1.29, 1.82) is 0 Å². The number of methoxy groups -OCH3 is 1. The molecule has 7 heteroatoms. The second-order valence-corrected chi connectivity index (χ2v) is 7.99. The second kappa shape index (κ2) is 8.09. The highest BCUT2D eigenvalue weighted by Gasteiger charge is 2.44. The molecule has 2 atom stereocenters. The maximum atomic E-state index is 12.8. The van der Waals surface area contributed by atoms with Gasteiger partial charge < -0.3 is 9.84 Å². The number of ether oxygens (including phenoxy) is 1. The maximum Gasteiger partial charge on any atom is 0.324 e. The number of unbranched alkanes of at least 4 members (excludes halogenated alkanes) is 2. The van der Waals surface area contributed by atoms with Gasteiger partial charge in [-0.15, -0.1) is 0 Å². The third-order valence-electron chi connectivity index (χ3n) is 4.31. The second-order valence-electron chi connectivity index (χ2n) is 6.10. The van der Waals surface area contributed by atoms with Crippen molar-refractivity contribution in [3.63, 3.8) is 0 Å². The van der Waals surface area contributed by atoms with Crippen molar-refractivity contribution in [1.82, 2.24) is 4.31 Å². The predicted molar refractivity (Wildman–Crippen MR) is 90.0 cm³/mol. The normalized spacial score (nSPS) is 21.8. The molecule has 0 aliphatic carbocycles. The van der Waals surface area contributed by atoms with Crippen LogP contribution in [-0.2, 0) is 26.0 Å². The van der Waals surface area contributed by atoms with E-state index in [1.807, 2.05) is 12.1 Å². The number of benzene rings is 1. The predicted octanol–water partition coefficient (Wildman–Crippen LogP) is 1.72. The van der Waals surface area contributed by atoms with E-state index in [0.717, 1.165) is 35.6 Å². The molecule has 1 heterocycles. The van der Waals surface area contributed by atoms with Crippen molar-refractivity contribution in [3.05, 3.63) is 29.8 Å². The number of nitrogens with zero attached hydrogens (tertiary/aromatic N) is 1. The van der Waals surface area contributed by atoms with Gasteiger partial charge in [0.1, 0.15) is 6.04 Å². The average Bonchev–Trinajstić information content (AvgIpc) is 2.97. The molecule has 0 aromatic heterocycles. The molecule has 0 saturated carbocycles. The van der Waals surface area contributed by atoms with Crippen LogP contribution in [0.15, 0.2) is 29.2 Å². The number of esters is 1. The molecule has 0 amide bonds. The monoisotopic (exact) mass is 355 g/mol. The molecular weight excluding hydrogens is 330 g/mol. The van der Waals surface area contributed by atoms with Gasteiger partial charge in [-0.1, -0.05) is 31.9 Å². The van der Waals surface area contributed by atoms with Gasteiger partial charge in [0, 0.05) is 13.0 Å². The molecule has 0 unspecified atom stereocenters. The first-order valence-electron chi connectivity index (χ1n) is 8.26. The number of hydrogen-bond acceptors (Lipinski definition) is 5. The highest BCUT2D eigenvalue weighted by molar-refractivity contribution is 7.89. The van der Waals surface area contributed by atoms with E-state index in [-0.39, 0.29) is 17.9 Å². The minimum atomic E-state index is -3.85. The van der Waals surface area contributed by atoms with E-state index in [0.29, 0.717) is 0 Å². The minimum Gasteiger partial charge on any atom is -0.468 e. The van der Waals surface area contributed by atoms with Crippen LogP contribution in [0.3, 0.4) is 0 Å². The maximum absolute atomic E-state index is 12.8. The Balaban J connectivity index is 2.18. The lowest BCUT2D eigenvalue weighted by molar-refractivity contribution is -0.144. The van der Waals surface area contributed by atoms with Gasteiger partial charge in [-0.05, 0) is 30.5 Å². The Morgan fingerprint density at radius 1 is 1.29 bits per heavy atom. The van der Waals surface area contributed by atoms with Crippen LogP contribution in [-0.4, -0.2) is 49.6 Å². The molecular formula is C17H25NO5S. The summed E-state index contributed by atoms with van der Waals surface area (Å²) in [5.74, 6) is -0.647. The van der Waals surface area contributed by atoms with Crippen LogP contribution in [0.25, 0.3) is 0 Å². The highest BCUT2D eigenvalue weighted by atomic mass is 32.2. The number of aliphatic hydroxyl groups is 1. The van der Waals surface area contributed by atoms with E-state index in [4.69, 9.17) is 0 Å². The molecule has 1 saturated heterocycles. The summed E-state index contributed by atoms with van der Waals surface area (Å²) in [6.45, 7) is 2.04. The molecule has 2 rings (SSSR count). The third-order valence-corrected chi connectivity index (χ3v) is 6.19. The van der Waals surface area contributed by atoms with Crippen molar-refractivity contribution < 1.29 is 23.1 Å². The molecule has 0 radical (unpaired) electrons.